The van der Waals surface area contributed by atoms with Crippen LogP contribution in [0, 0.1) is 11.3 Å². The highest BCUT2D eigenvalue weighted by molar-refractivity contribution is 6.30. The van der Waals surface area contributed by atoms with Crippen LogP contribution in [0.25, 0.3) is 22.2 Å². The fourth-order valence-electron chi connectivity index (χ4n) is 4.31. The molecule has 0 spiro atoms. The second-order valence-electron chi connectivity index (χ2n) is 8.35. The van der Waals surface area contributed by atoms with Crippen molar-refractivity contribution in [2.75, 3.05) is 18.8 Å². The number of benzene rings is 1. The molecule has 1 aliphatic heterocycles. The van der Waals surface area contributed by atoms with Gasteiger partial charge in [0.05, 0.1) is 17.5 Å². The van der Waals surface area contributed by atoms with Crippen molar-refractivity contribution in [3.63, 3.8) is 0 Å². The zero-order chi connectivity index (χ0) is 23.8. The van der Waals surface area contributed by atoms with Crippen molar-refractivity contribution in [2.24, 2.45) is 0 Å². The Kier molecular flexibility index (Phi) is 5.65. The molecule has 1 amide bonds. The minimum Gasteiger partial charge on any atom is -0.389 e. The van der Waals surface area contributed by atoms with Crippen LogP contribution in [0.5, 0.6) is 0 Å². The molecule has 1 atom stereocenters. The maximum absolute atomic E-state index is 12.6. The predicted octanol–water partition coefficient (Wildman–Crippen LogP) is 3.41. The molecule has 1 saturated heterocycles. The van der Waals surface area contributed by atoms with Crippen molar-refractivity contribution < 1.29 is 9.90 Å². The fourth-order valence-corrected chi connectivity index (χ4v) is 4.44. The van der Waals surface area contributed by atoms with Gasteiger partial charge < -0.3 is 20.3 Å². The van der Waals surface area contributed by atoms with E-state index in [9.17, 15) is 15.2 Å². The molecule has 0 saturated carbocycles. The zero-order valence-corrected chi connectivity index (χ0v) is 18.9. The third-order valence-corrected chi connectivity index (χ3v) is 6.32. The third-order valence-electron chi connectivity index (χ3n) is 6.07. The van der Waals surface area contributed by atoms with E-state index < -0.39 is 6.10 Å². The van der Waals surface area contributed by atoms with E-state index in [0.29, 0.717) is 22.9 Å². The van der Waals surface area contributed by atoms with Crippen molar-refractivity contribution in [2.45, 2.75) is 18.6 Å². The highest BCUT2D eigenvalue weighted by Crippen LogP contribution is 2.37. The van der Waals surface area contributed by atoms with Gasteiger partial charge in [0.25, 0.3) is 5.91 Å². The average Bonchev–Trinajstić information content (AvgIpc) is 3.22. The summed E-state index contributed by atoms with van der Waals surface area (Å²) in [6.45, 7) is 0.507. The van der Waals surface area contributed by atoms with E-state index in [1.807, 2.05) is 59.3 Å². The molecule has 1 unspecified atom stereocenters. The first kappa shape index (κ1) is 21.9. The number of aromatic nitrogens is 3. The van der Waals surface area contributed by atoms with Crippen LogP contribution in [0.3, 0.4) is 0 Å². The number of nitrogens with two attached hydrogens (primary N) is 1. The lowest BCUT2D eigenvalue weighted by Gasteiger charge is -2.35. The normalized spacial score (nSPS) is 18.5. The van der Waals surface area contributed by atoms with Gasteiger partial charge in [-0.2, -0.15) is 5.26 Å². The number of amides is 1. The zero-order valence-electron chi connectivity index (χ0n) is 18.1. The van der Waals surface area contributed by atoms with Gasteiger partial charge in [-0.3, -0.25) is 4.79 Å². The number of allylic oxidation sites excluding steroid dienone is 5. The molecule has 0 radical (unpaired) electrons. The van der Waals surface area contributed by atoms with E-state index in [1.165, 1.54) is 11.2 Å². The number of rotatable bonds is 4. The van der Waals surface area contributed by atoms with Crippen molar-refractivity contribution in [3.05, 3.63) is 77.3 Å². The van der Waals surface area contributed by atoms with Gasteiger partial charge in [0.2, 0.25) is 0 Å². The number of fused-ring (bicyclic) bond motifs is 1. The molecule has 3 N–H and O–H groups in total. The van der Waals surface area contributed by atoms with Crippen LogP contribution < -0.4 is 5.73 Å². The molecule has 9 heteroatoms. The molecular formula is C25H21ClN6O2. The van der Waals surface area contributed by atoms with E-state index in [-0.39, 0.29) is 30.6 Å². The Morgan fingerprint density at radius 3 is 2.74 bits per heavy atom. The number of likely N-dealkylation sites (tertiary alicyclic amines) is 1. The molecule has 1 fully saturated rings. The summed E-state index contributed by atoms with van der Waals surface area (Å²) in [7, 11) is 0. The quantitative estimate of drug-likeness (QED) is 0.443. The topological polar surface area (TPSA) is 121 Å². The summed E-state index contributed by atoms with van der Waals surface area (Å²) < 4.78 is 2.04. The predicted molar refractivity (Wildman–Crippen MR) is 130 cm³/mol. The summed E-state index contributed by atoms with van der Waals surface area (Å²) in [6, 6.07) is 9.40. The third kappa shape index (κ3) is 3.96. The minimum atomic E-state index is -0.517. The fraction of sp³-hybridized carbons (Fsp3) is 0.200. The SMILES string of the molecule is N#C/C(=C\C1=CC=CC(n2cc(-c3ccc(Cl)cc3)c3c(N)ncnc32)C1)C(=O)N1CC(O)C1. The highest BCUT2D eigenvalue weighted by Gasteiger charge is 2.31. The molecule has 1 aliphatic carbocycles. The maximum Gasteiger partial charge on any atom is 0.264 e. The van der Waals surface area contributed by atoms with Crippen molar-refractivity contribution >= 4 is 34.4 Å². The molecule has 2 aromatic heterocycles. The number of carbonyl (C=O) groups excluding carboxylic acids is 1. The van der Waals surface area contributed by atoms with Crippen LogP contribution in [0.2, 0.25) is 5.02 Å². The van der Waals surface area contributed by atoms with Gasteiger partial charge in [0, 0.05) is 29.9 Å². The number of nitrogens with zero attached hydrogens (tertiary/aromatic N) is 5. The monoisotopic (exact) mass is 472 g/mol. The number of aliphatic hydroxyl groups excluding tert-OH is 1. The van der Waals surface area contributed by atoms with Gasteiger partial charge in [-0.25, -0.2) is 9.97 Å². The molecule has 0 bridgehead atoms. The number of carbonyl (C=O) groups is 1. The van der Waals surface area contributed by atoms with Gasteiger partial charge in [-0.05, 0) is 35.8 Å². The first-order valence-corrected chi connectivity index (χ1v) is 11.2. The molecule has 1 aromatic carbocycles. The smallest absolute Gasteiger partial charge is 0.264 e. The second kappa shape index (κ2) is 8.78. The molecular weight excluding hydrogens is 452 g/mol. The summed E-state index contributed by atoms with van der Waals surface area (Å²) in [6.07, 6.45) is 10.9. The van der Waals surface area contributed by atoms with Crippen molar-refractivity contribution in [3.8, 4) is 17.2 Å². The van der Waals surface area contributed by atoms with Gasteiger partial charge >= 0.3 is 0 Å². The Balaban J connectivity index is 1.48. The van der Waals surface area contributed by atoms with E-state index in [1.54, 1.807) is 6.08 Å². The van der Waals surface area contributed by atoms with E-state index in [4.69, 9.17) is 17.3 Å². The lowest BCUT2D eigenvalue weighted by molar-refractivity contribution is -0.136. The summed E-state index contributed by atoms with van der Waals surface area (Å²) in [4.78, 5) is 22.7. The summed E-state index contributed by atoms with van der Waals surface area (Å²) >= 11 is 6.07. The summed E-state index contributed by atoms with van der Waals surface area (Å²) in [5.41, 5.74) is 9.68. The summed E-state index contributed by atoms with van der Waals surface area (Å²) in [5.74, 6) is 0.0232. The number of hydrogen-bond donors (Lipinski definition) is 2. The summed E-state index contributed by atoms with van der Waals surface area (Å²) in [5, 5.41) is 20.4. The highest BCUT2D eigenvalue weighted by atomic mass is 35.5. The van der Waals surface area contributed by atoms with Crippen LogP contribution in [-0.4, -0.2) is 49.6 Å². The van der Waals surface area contributed by atoms with E-state index in [0.717, 1.165) is 22.1 Å². The first-order chi connectivity index (χ1) is 16.4. The number of nitriles is 1. The van der Waals surface area contributed by atoms with Gasteiger partial charge in [-0.1, -0.05) is 42.0 Å². The van der Waals surface area contributed by atoms with Gasteiger partial charge in [0.1, 0.15) is 29.4 Å². The van der Waals surface area contributed by atoms with Crippen molar-refractivity contribution in [1.29, 1.82) is 5.26 Å². The Bertz CT molecular complexity index is 1410. The molecule has 5 rings (SSSR count). The molecule has 34 heavy (non-hydrogen) atoms. The molecule has 8 nitrogen and oxygen atoms in total. The van der Waals surface area contributed by atoms with Crippen LogP contribution in [-0.2, 0) is 4.79 Å². The lowest BCUT2D eigenvalue weighted by atomic mass is 9.97. The Morgan fingerprint density at radius 2 is 2.03 bits per heavy atom. The Morgan fingerprint density at radius 1 is 1.26 bits per heavy atom. The lowest BCUT2D eigenvalue weighted by Crippen LogP contribution is -2.53. The number of anilines is 1. The standard InChI is InChI=1S/C25H21ClN6O2/c26-18-6-4-16(5-7-18)21-13-32(24-22(21)23(28)29-14-30-24)19-3-1-2-15(9-19)8-17(10-27)25(34)31-11-20(33)12-31/h1-8,13-14,19-20,33H,9,11-12H2,(H2,28,29,30)/b17-8+. The van der Waals surface area contributed by atoms with E-state index >= 15 is 0 Å². The minimum absolute atomic E-state index is 0.0537. The largest absolute Gasteiger partial charge is 0.389 e. The molecule has 3 aromatic rings. The molecule has 3 heterocycles. The van der Waals surface area contributed by atoms with E-state index in [2.05, 4.69) is 9.97 Å². The Labute approximate surface area is 200 Å². The van der Waals surface area contributed by atoms with Crippen LogP contribution in [0.4, 0.5) is 5.82 Å². The van der Waals surface area contributed by atoms with Crippen LogP contribution in [0.1, 0.15) is 12.5 Å². The maximum atomic E-state index is 12.6. The van der Waals surface area contributed by atoms with Crippen molar-refractivity contribution in [1.82, 2.24) is 19.4 Å². The second-order valence-corrected chi connectivity index (χ2v) is 8.78. The van der Waals surface area contributed by atoms with Crippen LogP contribution in [0.15, 0.2) is 72.2 Å². The number of aliphatic hydroxyl groups is 1. The number of β-amino-alcohol motifs (C(OH)–C–C–N with tert-alkyl or cyclic N) is 1. The number of hydrogen-bond acceptors (Lipinski definition) is 6. The molecule has 170 valence electrons. The van der Waals surface area contributed by atoms with Gasteiger partial charge in [-0.15, -0.1) is 0 Å². The molecule has 2 aliphatic rings. The average molecular weight is 473 g/mol. The first-order valence-electron chi connectivity index (χ1n) is 10.8. The Hall–Kier alpha value is -3.93. The van der Waals surface area contributed by atoms with Crippen LogP contribution >= 0.6 is 11.6 Å². The van der Waals surface area contributed by atoms with Gasteiger partial charge in [0.15, 0.2) is 0 Å². The number of halogens is 1. The number of nitrogen functional groups attached to an aromatic ring is 1.